The SMILES string of the molecule is CCn1c(C2CCCNC2)nc2cccc(Cl)c21. The third kappa shape index (κ3) is 1.91. The number of benzene rings is 1. The van der Waals surface area contributed by atoms with Gasteiger partial charge in [-0.15, -0.1) is 0 Å². The first-order valence-corrected chi connectivity index (χ1v) is 7.04. The number of para-hydroxylation sites is 1. The van der Waals surface area contributed by atoms with E-state index in [1.165, 1.54) is 18.7 Å². The van der Waals surface area contributed by atoms with Crippen LogP contribution < -0.4 is 5.32 Å². The number of fused-ring (bicyclic) bond motifs is 1. The molecule has 0 radical (unpaired) electrons. The van der Waals surface area contributed by atoms with Gasteiger partial charge in [0.15, 0.2) is 0 Å². The van der Waals surface area contributed by atoms with Gasteiger partial charge in [-0.3, -0.25) is 0 Å². The van der Waals surface area contributed by atoms with Crippen LogP contribution in [0.1, 0.15) is 31.5 Å². The summed E-state index contributed by atoms with van der Waals surface area (Å²) in [5, 5.41) is 4.26. The zero-order valence-corrected chi connectivity index (χ0v) is 11.4. The molecule has 2 heterocycles. The molecule has 0 saturated carbocycles. The Bertz CT molecular complexity index is 555. The lowest BCUT2D eigenvalue weighted by Crippen LogP contribution is -2.30. The van der Waals surface area contributed by atoms with E-state index in [1.54, 1.807) is 0 Å². The van der Waals surface area contributed by atoms with Crippen molar-refractivity contribution >= 4 is 22.6 Å². The first-order valence-electron chi connectivity index (χ1n) is 6.66. The van der Waals surface area contributed by atoms with Crippen LogP contribution in [0.15, 0.2) is 18.2 Å². The molecule has 0 spiro atoms. The normalized spacial score (nSPS) is 20.4. The quantitative estimate of drug-likeness (QED) is 0.902. The van der Waals surface area contributed by atoms with Crippen LogP contribution in [-0.2, 0) is 6.54 Å². The van der Waals surface area contributed by atoms with E-state index in [0.29, 0.717) is 5.92 Å². The molecular weight excluding hydrogens is 246 g/mol. The molecule has 1 N–H and O–H groups in total. The maximum atomic E-state index is 6.32. The number of imidazole rings is 1. The number of hydrogen-bond donors (Lipinski definition) is 1. The molecule has 1 aliphatic heterocycles. The van der Waals surface area contributed by atoms with Gasteiger partial charge in [0.2, 0.25) is 0 Å². The number of nitrogens with one attached hydrogen (secondary N) is 1. The number of nitrogens with zero attached hydrogens (tertiary/aromatic N) is 2. The molecule has 0 aliphatic carbocycles. The smallest absolute Gasteiger partial charge is 0.114 e. The Morgan fingerprint density at radius 2 is 2.39 bits per heavy atom. The fraction of sp³-hybridized carbons (Fsp3) is 0.500. The number of hydrogen-bond acceptors (Lipinski definition) is 2. The van der Waals surface area contributed by atoms with Gasteiger partial charge in [-0.25, -0.2) is 4.98 Å². The van der Waals surface area contributed by atoms with Crippen LogP contribution in [-0.4, -0.2) is 22.6 Å². The standard InChI is InChI=1S/C14H18ClN3/c1-2-18-13-11(15)6-3-7-12(13)17-14(18)10-5-4-8-16-9-10/h3,6-7,10,16H,2,4-5,8-9H2,1H3. The lowest BCUT2D eigenvalue weighted by Gasteiger charge is -2.23. The zero-order valence-electron chi connectivity index (χ0n) is 10.6. The average Bonchev–Trinajstić information content (AvgIpc) is 2.79. The average molecular weight is 264 g/mol. The second-order valence-corrected chi connectivity index (χ2v) is 5.27. The van der Waals surface area contributed by atoms with E-state index >= 15 is 0 Å². The Labute approximate surface area is 112 Å². The molecule has 1 unspecified atom stereocenters. The number of rotatable bonds is 2. The van der Waals surface area contributed by atoms with Gasteiger partial charge in [0.25, 0.3) is 0 Å². The fourth-order valence-corrected chi connectivity index (χ4v) is 3.14. The van der Waals surface area contributed by atoms with E-state index in [2.05, 4.69) is 16.8 Å². The van der Waals surface area contributed by atoms with Gasteiger partial charge < -0.3 is 9.88 Å². The molecule has 3 rings (SSSR count). The highest BCUT2D eigenvalue weighted by molar-refractivity contribution is 6.35. The maximum absolute atomic E-state index is 6.32. The molecule has 3 nitrogen and oxygen atoms in total. The summed E-state index contributed by atoms with van der Waals surface area (Å²) < 4.78 is 2.27. The van der Waals surface area contributed by atoms with Gasteiger partial charge in [-0.1, -0.05) is 17.7 Å². The highest BCUT2D eigenvalue weighted by Gasteiger charge is 2.22. The Kier molecular flexibility index (Phi) is 3.27. The van der Waals surface area contributed by atoms with Crippen molar-refractivity contribution in [3.63, 3.8) is 0 Å². The second kappa shape index (κ2) is 4.90. The van der Waals surface area contributed by atoms with Gasteiger partial charge in [-0.05, 0) is 38.4 Å². The summed E-state index contributed by atoms with van der Waals surface area (Å²) in [6.07, 6.45) is 2.44. The van der Waals surface area contributed by atoms with Crippen molar-refractivity contribution in [1.29, 1.82) is 0 Å². The third-order valence-electron chi connectivity index (χ3n) is 3.73. The molecule has 0 amide bonds. The minimum absolute atomic E-state index is 0.516. The topological polar surface area (TPSA) is 29.9 Å². The van der Waals surface area contributed by atoms with Crippen molar-refractivity contribution in [3.05, 3.63) is 29.0 Å². The number of halogens is 1. The molecule has 0 bridgehead atoms. The minimum Gasteiger partial charge on any atom is -0.327 e. The van der Waals surface area contributed by atoms with Crippen LogP contribution in [0.4, 0.5) is 0 Å². The van der Waals surface area contributed by atoms with E-state index in [0.717, 1.165) is 35.7 Å². The Hall–Kier alpha value is -1.06. The number of aryl methyl sites for hydroxylation is 1. The summed E-state index contributed by atoms with van der Waals surface area (Å²) in [5.74, 6) is 1.70. The lowest BCUT2D eigenvalue weighted by molar-refractivity contribution is 0.436. The van der Waals surface area contributed by atoms with Crippen LogP contribution in [0.3, 0.4) is 0 Å². The van der Waals surface area contributed by atoms with Crippen LogP contribution >= 0.6 is 11.6 Å². The van der Waals surface area contributed by atoms with E-state index in [9.17, 15) is 0 Å². The lowest BCUT2D eigenvalue weighted by atomic mass is 9.99. The number of piperidine rings is 1. The fourth-order valence-electron chi connectivity index (χ4n) is 2.86. The Morgan fingerprint density at radius 1 is 1.50 bits per heavy atom. The van der Waals surface area contributed by atoms with Crippen molar-refractivity contribution < 1.29 is 0 Å². The monoisotopic (exact) mass is 263 g/mol. The molecule has 18 heavy (non-hydrogen) atoms. The summed E-state index contributed by atoms with van der Waals surface area (Å²) in [6.45, 7) is 5.24. The summed E-state index contributed by atoms with van der Waals surface area (Å²) in [7, 11) is 0. The molecular formula is C14H18ClN3. The minimum atomic E-state index is 0.516. The molecule has 1 saturated heterocycles. The predicted octanol–water partition coefficient (Wildman–Crippen LogP) is 3.18. The summed E-state index contributed by atoms with van der Waals surface area (Å²) >= 11 is 6.32. The van der Waals surface area contributed by atoms with Gasteiger partial charge in [-0.2, -0.15) is 0 Å². The molecule has 1 aromatic carbocycles. The highest BCUT2D eigenvalue weighted by Crippen LogP contribution is 2.30. The summed E-state index contributed by atoms with van der Waals surface area (Å²) in [6, 6.07) is 5.97. The molecule has 4 heteroatoms. The van der Waals surface area contributed by atoms with Crippen molar-refractivity contribution in [2.45, 2.75) is 32.2 Å². The third-order valence-corrected chi connectivity index (χ3v) is 4.03. The van der Waals surface area contributed by atoms with Gasteiger partial charge in [0.05, 0.1) is 16.1 Å². The van der Waals surface area contributed by atoms with Crippen molar-refractivity contribution in [2.24, 2.45) is 0 Å². The summed E-state index contributed by atoms with van der Waals surface area (Å²) in [4.78, 5) is 4.81. The molecule has 1 fully saturated rings. The van der Waals surface area contributed by atoms with Gasteiger partial charge in [0, 0.05) is 19.0 Å². The Morgan fingerprint density at radius 3 is 3.11 bits per heavy atom. The Balaban J connectivity index is 2.13. The molecule has 1 aromatic heterocycles. The molecule has 2 aromatic rings. The summed E-state index contributed by atoms with van der Waals surface area (Å²) in [5.41, 5.74) is 2.10. The molecule has 1 aliphatic rings. The van der Waals surface area contributed by atoms with Gasteiger partial charge >= 0.3 is 0 Å². The van der Waals surface area contributed by atoms with Gasteiger partial charge in [0.1, 0.15) is 5.82 Å². The van der Waals surface area contributed by atoms with Crippen LogP contribution in [0.5, 0.6) is 0 Å². The van der Waals surface area contributed by atoms with Crippen molar-refractivity contribution in [1.82, 2.24) is 14.9 Å². The van der Waals surface area contributed by atoms with Crippen LogP contribution in [0, 0.1) is 0 Å². The molecule has 1 atom stereocenters. The van der Waals surface area contributed by atoms with E-state index in [4.69, 9.17) is 16.6 Å². The predicted molar refractivity (Wildman–Crippen MR) is 75.3 cm³/mol. The maximum Gasteiger partial charge on any atom is 0.114 e. The van der Waals surface area contributed by atoms with Crippen LogP contribution in [0.25, 0.3) is 11.0 Å². The van der Waals surface area contributed by atoms with E-state index in [-0.39, 0.29) is 0 Å². The molecule has 96 valence electrons. The van der Waals surface area contributed by atoms with Crippen molar-refractivity contribution in [2.75, 3.05) is 13.1 Å². The van der Waals surface area contributed by atoms with E-state index in [1.807, 2.05) is 18.2 Å². The first-order chi connectivity index (χ1) is 8.81. The second-order valence-electron chi connectivity index (χ2n) is 4.87. The number of aromatic nitrogens is 2. The highest BCUT2D eigenvalue weighted by atomic mass is 35.5. The van der Waals surface area contributed by atoms with Crippen molar-refractivity contribution in [3.8, 4) is 0 Å². The first kappa shape index (κ1) is 12.0. The zero-order chi connectivity index (χ0) is 12.5. The van der Waals surface area contributed by atoms with Crippen LogP contribution in [0.2, 0.25) is 5.02 Å². The largest absolute Gasteiger partial charge is 0.327 e. The van der Waals surface area contributed by atoms with E-state index < -0.39 is 0 Å².